The molecule has 1 saturated heterocycles. The van der Waals surface area contributed by atoms with Crippen LogP contribution >= 0.6 is 0 Å². The van der Waals surface area contributed by atoms with Gasteiger partial charge in [0.25, 0.3) is 5.91 Å². The summed E-state index contributed by atoms with van der Waals surface area (Å²) in [6, 6.07) is 9.87. The average Bonchev–Trinajstić information content (AvgIpc) is 3.24. The number of nitrogens with zero attached hydrogens (tertiary/aromatic N) is 3. The van der Waals surface area contributed by atoms with Crippen LogP contribution in [-0.4, -0.2) is 68.3 Å². The van der Waals surface area contributed by atoms with Crippen LogP contribution in [0.5, 0.6) is 11.5 Å². The predicted octanol–water partition coefficient (Wildman–Crippen LogP) is 4.33. The molecule has 7 nitrogen and oxygen atoms in total. The van der Waals surface area contributed by atoms with E-state index in [2.05, 4.69) is 10.1 Å². The summed E-state index contributed by atoms with van der Waals surface area (Å²) >= 11 is 0. The Hall–Kier alpha value is -3.13. The van der Waals surface area contributed by atoms with E-state index in [-0.39, 0.29) is 11.7 Å². The van der Waals surface area contributed by atoms with Gasteiger partial charge >= 0.3 is 0 Å². The summed E-state index contributed by atoms with van der Waals surface area (Å²) in [5.41, 5.74) is 2.02. The van der Waals surface area contributed by atoms with E-state index in [0.29, 0.717) is 35.2 Å². The van der Waals surface area contributed by atoms with Crippen LogP contribution in [0.4, 0.5) is 4.39 Å². The van der Waals surface area contributed by atoms with Gasteiger partial charge < -0.3 is 23.8 Å². The second kappa shape index (κ2) is 10.2. The second-order valence-corrected chi connectivity index (χ2v) is 8.59. The van der Waals surface area contributed by atoms with Crippen LogP contribution in [0.2, 0.25) is 0 Å². The molecule has 2 heterocycles. The first-order valence-electron chi connectivity index (χ1n) is 11.3. The zero-order valence-corrected chi connectivity index (χ0v) is 19.3. The topological polar surface area (TPSA) is 68.0 Å². The van der Waals surface area contributed by atoms with Crippen LogP contribution in [0.3, 0.4) is 0 Å². The highest BCUT2D eigenvalue weighted by molar-refractivity contribution is 5.94. The molecule has 0 spiro atoms. The van der Waals surface area contributed by atoms with Crippen molar-refractivity contribution >= 4 is 16.9 Å². The number of methoxy groups -OCH3 is 1. The first kappa shape index (κ1) is 23.0. The summed E-state index contributed by atoms with van der Waals surface area (Å²) in [5.74, 6) is 1.15. The fraction of sp³-hybridized carbons (Fsp3) is 0.440. The Labute approximate surface area is 193 Å². The number of hydrogen-bond donors (Lipinski definition) is 0. The number of rotatable bonds is 8. The molecule has 0 saturated carbocycles. The standard InChI is InChI=1S/C25H30FN3O4/c1-28(2)25(30)18-5-8-21(23(15-18)31-3)32-14-4-11-29-12-9-17(10-13-29)24-20-7-6-19(26)16-22(20)33-27-24/h5-8,15-17H,4,9-14H2,1-3H3. The van der Waals surface area contributed by atoms with E-state index in [1.54, 1.807) is 45.5 Å². The van der Waals surface area contributed by atoms with Crippen molar-refractivity contribution in [2.45, 2.75) is 25.2 Å². The minimum Gasteiger partial charge on any atom is -0.493 e. The Kier molecular flexibility index (Phi) is 7.13. The van der Waals surface area contributed by atoms with Crippen molar-refractivity contribution < 1.29 is 23.2 Å². The van der Waals surface area contributed by atoms with Gasteiger partial charge in [-0.05, 0) is 62.7 Å². The molecule has 33 heavy (non-hydrogen) atoms. The molecule has 1 aliphatic rings. The molecule has 4 rings (SSSR count). The average molecular weight is 456 g/mol. The molecule has 0 N–H and O–H groups in total. The molecule has 0 unspecified atom stereocenters. The Morgan fingerprint density at radius 3 is 2.70 bits per heavy atom. The van der Waals surface area contributed by atoms with Crippen molar-refractivity contribution in [1.82, 2.24) is 15.0 Å². The first-order chi connectivity index (χ1) is 16.0. The molecule has 1 aromatic heterocycles. The molecule has 8 heteroatoms. The Balaban J connectivity index is 1.24. The van der Waals surface area contributed by atoms with Gasteiger partial charge in [0.1, 0.15) is 5.82 Å². The molecule has 3 aromatic rings. The number of likely N-dealkylation sites (tertiary alicyclic amines) is 1. The van der Waals surface area contributed by atoms with E-state index in [1.807, 2.05) is 0 Å². The summed E-state index contributed by atoms with van der Waals surface area (Å²) in [6.07, 6.45) is 2.88. The van der Waals surface area contributed by atoms with Crippen LogP contribution in [0.1, 0.15) is 41.2 Å². The third-order valence-electron chi connectivity index (χ3n) is 6.13. The van der Waals surface area contributed by atoms with Crippen LogP contribution in [0.25, 0.3) is 11.0 Å². The molecule has 1 aliphatic heterocycles. The number of amides is 1. The third-order valence-corrected chi connectivity index (χ3v) is 6.13. The maximum atomic E-state index is 13.4. The Bertz CT molecular complexity index is 1110. The number of aromatic nitrogens is 1. The molecular weight excluding hydrogens is 425 g/mol. The molecule has 2 aromatic carbocycles. The quantitative estimate of drug-likeness (QED) is 0.471. The van der Waals surface area contributed by atoms with E-state index in [0.717, 1.165) is 50.0 Å². The van der Waals surface area contributed by atoms with Gasteiger partial charge in [0.05, 0.1) is 19.4 Å². The molecule has 1 fully saturated rings. The maximum Gasteiger partial charge on any atom is 0.253 e. The van der Waals surface area contributed by atoms with Gasteiger partial charge in [-0.15, -0.1) is 0 Å². The molecule has 0 atom stereocenters. The van der Waals surface area contributed by atoms with Gasteiger partial charge in [-0.25, -0.2) is 4.39 Å². The number of carbonyl (C=O) groups is 1. The fourth-order valence-corrected chi connectivity index (χ4v) is 4.30. The van der Waals surface area contributed by atoms with Crippen LogP contribution in [0, 0.1) is 5.82 Å². The summed E-state index contributed by atoms with van der Waals surface area (Å²) in [4.78, 5) is 16.1. The molecule has 176 valence electrons. The third kappa shape index (κ3) is 5.27. The van der Waals surface area contributed by atoms with Crippen LogP contribution in [0.15, 0.2) is 40.9 Å². The summed E-state index contributed by atoms with van der Waals surface area (Å²) < 4.78 is 30.0. The van der Waals surface area contributed by atoms with Gasteiger partial charge in [-0.3, -0.25) is 4.79 Å². The molecule has 0 aliphatic carbocycles. The normalized spacial score (nSPS) is 15.0. The molecule has 0 radical (unpaired) electrons. The number of ether oxygens (including phenoxy) is 2. The van der Waals surface area contributed by atoms with Crippen molar-refractivity contribution in [2.75, 3.05) is 47.4 Å². The van der Waals surface area contributed by atoms with Crippen molar-refractivity contribution in [2.24, 2.45) is 0 Å². The molecule has 1 amide bonds. The van der Waals surface area contributed by atoms with E-state index in [1.165, 1.54) is 17.0 Å². The molecular formula is C25H30FN3O4. The highest BCUT2D eigenvalue weighted by atomic mass is 19.1. The largest absolute Gasteiger partial charge is 0.493 e. The summed E-state index contributed by atoms with van der Waals surface area (Å²) in [7, 11) is 5.01. The lowest BCUT2D eigenvalue weighted by molar-refractivity contribution is 0.0827. The number of piperidine rings is 1. The van der Waals surface area contributed by atoms with E-state index >= 15 is 0 Å². The van der Waals surface area contributed by atoms with Gasteiger partial charge in [0.2, 0.25) is 0 Å². The highest BCUT2D eigenvalue weighted by Crippen LogP contribution is 2.33. The van der Waals surface area contributed by atoms with Crippen LogP contribution < -0.4 is 9.47 Å². The molecule has 0 bridgehead atoms. The smallest absolute Gasteiger partial charge is 0.253 e. The van der Waals surface area contributed by atoms with Crippen LogP contribution in [-0.2, 0) is 0 Å². The lowest BCUT2D eigenvalue weighted by Crippen LogP contribution is -2.34. The minimum atomic E-state index is -0.308. The van der Waals surface area contributed by atoms with Gasteiger partial charge in [0.15, 0.2) is 17.1 Å². The fourth-order valence-electron chi connectivity index (χ4n) is 4.30. The number of carbonyl (C=O) groups excluding carboxylic acids is 1. The number of fused-ring (bicyclic) bond motifs is 1. The second-order valence-electron chi connectivity index (χ2n) is 8.59. The predicted molar refractivity (Wildman–Crippen MR) is 124 cm³/mol. The number of benzene rings is 2. The zero-order chi connectivity index (χ0) is 23.4. The summed E-state index contributed by atoms with van der Waals surface area (Å²) in [5, 5.41) is 5.13. The Morgan fingerprint density at radius 1 is 1.18 bits per heavy atom. The lowest BCUT2D eigenvalue weighted by Gasteiger charge is -2.31. The van der Waals surface area contributed by atoms with E-state index < -0.39 is 0 Å². The number of halogens is 1. The Morgan fingerprint density at radius 2 is 1.97 bits per heavy atom. The van der Waals surface area contributed by atoms with Crippen molar-refractivity contribution in [1.29, 1.82) is 0 Å². The highest BCUT2D eigenvalue weighted by Gasteiger charge is 2.25. The lowest BCUT2D eigenvalue weighted by atomic mass is 9.91. The van der Waals surface area contributed by atoms with Crippen molar-refractivity contribution in [3.05, 3.63) is 53.5 Å². The van der Waals surface area contributed by atoms with Crippen molar-refractivity contribution in [3.63, 3.8) is 0 Å². The first-order valence-corrected chi connectivity index (χ1v) is 11.3. The van der Waals surface area contributed by atoms with E-state index in [4.69, 9.17) is 14.0 Å². The van der Waals surface area contributed by atoms with Gasteiger partial charge in [-0.1, -0.05) is 5.16 Å². The minimum absolute atomic E-state index is 0.0750. The zero-order valence-electron chi connectivity index (χ0n) is 19.3. The van der Waals surface area contributed by atoms with Gasteiger partial charge in [-0.2, -0.15) is 0 Å². The monoisotopic (exact) mass is 455 g/mol. The van der Waals surface area contributed by atoms with E-state index in [9.17, 15) is 9.18 Å². The summed E-state index contributed by atoms with van der Waals surface area (Å²) in [6.45, 7) is 3.46. The maximum absolute atomic E-state index is 13.4. The SMILES string of the molecule is COc1cc(C(=O)N(C)C)ccc1OCCCN1CCC(c2noc3cc(F)ccc23)CC1. The van der Waals surface area contributed by atoms with Gasteiger partial charge in [0, 0.05) is 43.6 Å². The number of hydrogen-bond acceptors (Lipinski definition) is 6. The van der Waals surface area contributed by atoms with Crippen molar-refractivity contribution in [3.8, 4) is 11.5 Å².